The molecule has 1 unspecified atom stereocenters. The molecule has 0 bridgehead atoms. The quantitative estimate of drug-likeness (QED) is 0.0561. The van der Waals surface area contributed by atoms with Gasteiger partial charge in [0.1, 0.15) is 13.2 Å². The van der Waals surface area contributed by atoms with Crippen molar-refractivity contribution in [3.63, 3.8) is 0 Å². The summed E-state index contributed by atoms with van der Waals surface area (Å²) in [4.78, 5) is 35.4. The lowest BCUT2D eigenvalue weighted by atomic mass is 10.1. The minimum Gasteiger partial charge on any atom is -0.462 e. The summed E-state index contributed by atoms with van der Waals surface area (Å²) in [5.41, 5.74) is 5.05. The number of carbonyl (C=O) groups excluding carboxylic acids is 3. The summed E-state index contributed by atoms with van der Waals surface area (Å²) in [5, 5.41) is 0. The van der Waals surface area contributed by atoms with Crippen molar-refractivity contribution in [2.45, 2.75) is 174 Å². The number of unbranched alkanes of at least 4 members (excludes halogenated alkanes) is 20. The van der Waals surface area contributed by atoms with Crippen LogP contribution in [0.1, 0.15) is 168 Å². The molecule has 7 heteroatoms. The zero-order chi connectivity index (χ0) is 28.8. The first kappa shape index (κ1) is 37.2. The number of rotatable bonds is 29. The van der Waals surface area contributed by atoms with Crippen molar-refractivity contribution < 1.29 is 28.6 Å². The lowest BCUT2D eigenvalue weighted by Crippen LogP contribution is -2.31. The van der Waals surface area contributed by atoms with Gasteiger partial charge in [-0.2, -0.15) is 0 Å². The molecule has 0 saturated carbocycles. The third-order valence-electron chi connectivity index (χ3n) is 7.11. The van der Waals surface area contributed by atoms with Crippen LogP contribution in [0.15, 0.2) is 0 Å². The van der Waals surface area contributed by atoms with Gasteiger partial charge >= 0.3 is 18.0 Å². The van der Waals surface area contributed by atoms with Gasteiger partial charge in [-0.05, 0) is 12.8 Å². The number of hydrogen-bond acceptors (Lipinski definition) is 6. The molecule has 0 spiro atoms. The Morgan fingerprint density at radius 2 is 0.821 bits per heavy atom. The molecule has 39 heavy (non-hydrogen) atoms. The molecule has 1 amide bonds. The predicted molar refractivity (Wildman–Crippen MR) is 159 cm³/mol. The Morgan fingerprint density at radius 1 is 0.487 bits per heavy atom. The van der Waals surface area contributed by atoms with E-state index >= 15 is 0 Å². The molecule has 0 aromatic carbocycles. The first-order valence-electron chi connectivity index (χ1n) is 16.3. The summed E-state index contributed by atoms with van der Waals surface area (Å²) in [7, 11) is 0. The number of ether oxygens (including phenoxy) is 3. The maximum absolute atomic E-state index is 12.3. The molecular formula is C32H61NO6. The van der Waals surface area contributed by atoms with Crippen LogP contribution in [0.5, 0.6) is 0 Å². The van der Waals surface area contributed by atoms with Gasteiger partial charge in [-0.1, -0.05) is 142 Å². The van der Waals surface area contributed by atoms with Gasteiger partial charge in [0.25, 0.3) is 0 Å². The number of carbonyl (C=O) groups is 3. The minimum atomic E-state index is -0.950. The molecule has 0 rings (SSSR count). The molecule has 0 saturated heterocycles. The van der Waals surface area contributed by atoms with Crippen molar-refractivity contribution in [3.05, 3.63) is 0 Å². The van der Waals surface area contributed by atoms with E-state index in [-0.39, 0.29) is 25.2 Å². The highest BCUT2D eigenvalue weighted by Crippen LogP contribution is 2.14. The zero-order valence-electron chi connectivity index (χ0n) is 25.5. The van der Waals surface area contributed by atoms with Crippen LogP contribution in [0.4, 0.5) is 4.79 Å². The smallest absolute Gasteiger partial charge is 0.404 e. The van der Waals surface area contributed by atoms with Gasteiger partial charge in [0.05, 0.1) is 0 Å². The van der Waals surface area contributed by atoms with Gasteiger partial charge in [0.15, 0.2) is 6.10 Å². The van der Waals surface area contributed by atoms with E-state index in [2.05, 4.69) is 13.8 Å². The third kappa shape index (κ3) is 29.0. The standard InChI is InChI=1S/C32H61NO6/c1-3-5-7-9-11-13-15-17-19-21-23-25-30(34)37-27-29(28-38-32(33)36)39-31(35)26-24-22-20-18-16-14-12-10-8-6-4-2/h29H,3-28H2,1-2H3,(H2,33,36). The summed E-state index contributed by atoms with van der Waals surface area (Å²) in [6.45, 7) is 4.13. The van der Waals surface area contributed by atoms with E-state index in [1.54, 1.807) is 0 Å². The molecule has 0 radical (unpaired) electrons. The Kier molecular flexibility index (Phi) is 27.9. The maximum atomic E-state index is 12.3. The van der Waals surface area contributed by atoms with Crippen molar-refractivity contribution in [3.8, 4) is 0 Å². The van der Waals surface area contributed by atoms with Crippen molar-refractivity contribution in [2.75, 3.05) is 13.2 Å². The van der Waals surface area contributed by atoms with Crippen molar-refractivity contribution in [1.29, 1.82) is 0 Å². The fraction of sp³-hybridized carbons (Fsp3) is 0.906. The second-order valence-corrected chi connectivity index (χ2v) is 11.0. The van der Waals surface area contributed by atoms with E-state index in [9.17, 15) is 14.4 Å². The molecular weight excluding hydrogens is 494 g/mol. The average Bonchev–Trinajstić information content (AvgIpc) is 2.91. The van der Waals surface area contributed by atoms with Crippen LogP contribution in [0.2, 0.25) is 0 Å². The van der Waals surface area contributed by atoms with E-state index in [1.165, 1.54) is 103 Å². The summed E-state index contributed by atoms with van der Waals surface area (Å²) in [6, 6.07) is 0. The highest BCUT2D eigenvalue weighted by atomic mass is 16.6. The number of primary amides is 1. The van der Waals surface area contributed by atoms with Crippen LogP contribution in [-0.2, 0) is 23.8 Å². The van der Waals surface area contributed by atoms with Gasteiger partial charge in [-0.3, -0.25) is 9.59 Å². The molecule has 0 aliphatic heterocycles. The second kappa shape index (κ2) is 29.2. The first-order chi connectivity index (χ1) is 19.0. The molecule has 0 heterocycles. The highest BCUT2D eigenvalue weighted by molar-refractivity contribution is 5.70. The van der Waals surface area contributed by atoms with Crippen molar-refractivity contribution >= 4 is 18.0 Å². The summed E-state index contributed by atoms with van der Waals surface area (Å²) in [6.07, 6.45) is 25.5. The first-order valence-corrected chi connectivity index (χ1v) is 16.3. The second-order valence-electron chi connectivity index (χ2n) is 11.0. The number of amides is 1. The average molecular weight is 556 g/mol. The van der Waals surface area contributed by atoms with Crippen LogP contribution >= 0.6 is 0 Å². The Bertz CT molecular complexity index is 583. The lowest BCUT2D eigenvalue weighted by molar-refractivity contribution is -0.161. The topological polar surface area (TPSA) is 105 Å². The summed E-state index contributed by atoms with van der Waals surface area (Å²) < 4.78 is 15.5. The number of nitrogens with two attached hydrogens (primary N) is 1. The van der Waals surface area contributed by atoms with Crippen LogP contribution in [-0.4, -0.2) is 37.3 Å². The normalized spacial score (nSPS) is 11.7. The molecule has 0 aliphatic carbocycles. The van der Waals surface area contributed by atoms with Crippen LogP contribution < -0.4 is 5.73 Å². The Labute approximate surface area is 239 Å². The zero-order valence-corrected chi connectivity index (χ0v) is 25.5. The molecule has 0 fully saturated rings. The minimum absolute atomic E-state index is 0.131. The molecule has 1 atom stereocenters. The van der Waals surface area contributed by atoms with Crippen molar-refractivity contribution in [1.82, 2.24) is 0 Å². The van der Waals surface area contributed by atoms with Crippen LogP contribution in [0.25, 0.3) is 0 Å². The Morgan fingerprint density at radius 3 is 1.21 bits per heavy atom. The lowest BCUT2D eigenvalue weighted by Gasteiger charge is -2.17. The molecule has 2 N–H and O–H groups in total. The van der Waals surface area contributed by atoms with Gasteiger partial charge in [0.2, 0.25) is 0 Å². The van der Waals surface area contributed by atoms with Gasteiger partial charge in [0, 0.05) is 12.8 Å². The van der Waals surface area contributed by atoms with Crippen LogP contribution in [0, 0.1) is 0 Å². The molecule has 0 aromatic heterocycles. The van der Waals surface area contributed by atoms with E-state index in [0.717, 1.165) is 38.5 Å². The van der Waals surface area contributed by atoms with Gasteiger partial charge in [-0.25, -0.2) is 4.79 Å². The highest BCUT2D eigenvalue weighted by Gasteiger charge is 2.18. The summed E-state index contributed by atoms with van der Waals surface area (Å²) >= 11 is 0. The SMILES string of the molecule is CCCCCCCCCCCCCC(=O)OCC(COC(N)=O)OC(=O)CCCCCCCCCCCCC. The molecule has 230 valence electrons. The van der Waals surface area contributed by atoms with E-state index < -0.39 is 12.2 Å². The Hall–Kier alpha value is -1.79. The van der Waals surface area contributed by atoms with Gasteiger partial charge in [-0.15, -0.1) is 0 Å². The largest absolute Gasteiger partial charge is 0.462 e. The third-order valence-corrected chi connectivity index (χ3v) is 7.11. The fourth-order valence-corrected chi connectivity index (χ4v) is 4.66. The molecule has 0 aromatic rings. The number of esters is 2. The predicted octanol–water partition coefficient (Wildman–Crippen LogP) is 8.94. The maximum Gasteiger partial charge on any atom is 0.404 e. The molecule has 0 aliphatic rings. The Balaban J connectivity index is 3.90. The summed E-state index contributed by atoms with van der Waals surface area (Å²) in [5.74, 6) is -0.693. The molecule has 7 nitrogen and oxygen atoms in total. The monoisotopic (exact) mass is 555 g/mol. The number of hydrogen-bond donors (Lipinski definition) is 1. The fourth-order valence-electron chi connectivity index (χ4n) is 4.66. The van der Waals surface area contributed by atoms with Gasteiger partial charge < -0.3 is 19.9 Å². The van der Waals surface area contributed by atoms with E-state index in [4.69, 9.17) is 19.9 Å². The van der Waals surface area contributed by atoms with Crippen LogP contribution in [0.3, 0.4) is 0 Å². The van der Waals surface area contributed by atoms with E-state index in [1.807, 2.05) is 0 Å². The van der Waals surface area contributed by atoms with E-state index in [0.29, 0.717) is 12.8 Å². The van der Waals surface area contributed by atoms with Crippen molar-refractivity contribution in [2.24, 2.45) is 5.73 Å².